The highest BCUT2D eigenvalue weighted by atomic mass is 16.5. The molecule has 1 saturated heterocycles. The third-order valence-corrected chi connectivity index (χ3v) is 3.35. The number of benzene rings is 1. The Morgan fingerprint density at radius 2 is 2.31 bits per heavy atom. The number of anilines is 1. The monoisotopic (exact) mass is 220 g/mol. The van der Waals surface area contributed by atoms with Gasteiger partial charge < -0.3 is 15.4 Å². The van der Waals surface area contributed by atoms with E-state index >= 15 is 0 Å². The van der Waals surface area contributed by atoms with Crippen LogP contribution in [-0.2, 0) is 6.42 Å². The molecular formula is C13H20N2O. The number of ether oxygens (including phenoxy) is 1. The molecule has 1 unspecified atom stereocenters. The van der Waals surface area contributed by atoms with Crippen LogP contribution in [0.1, 0.15) is 12.0 Å². The molecule has 16 heavy (non-hydrogen) atoms. The van der Waals surface area contributed by atoms with Crippen molar-refractivity contribution in [2.24, 2.45) is 5.92 Å². The van der Waals surface area contributed by atoms with Gasteiger partial charge in [-0.15, -0.1) is 0 Å². The van der Waals surface area contributed by atoms with Crippen molar-refractivity contribution in [1.29, 1.82) is 0 Å². The van der Waals surface area contributed by atoms with Crippen molar-refractivity contribution in [3.63, 3.8) is 0 Å². The quantitative estimate of drug-likeness (QED) is 0.789. The highest BCUT2D eigenvalue weighted by Crippen LogP contribution is 2.25. The zero-order chi connectivity index (χ0) is 11.5. The van der Waals surface area contributed by atoms with Crippen LogP contribution < -0.4 is 10.5 Å². The molecule has 3 nitrogen and oxygen atoms in total. The third-order valence-electron chi connectivity index (χ3n) is 3.35. The van der Waals surface area contributed by atoms with Crippen molar-refractivity contribution in [3.05, 3.63) is 23.8 Å². The molecule has 1 aliphatic rings. The number of likely N-dealkylation sites (tertiary alicyclic amines) is 1. The summed E-state index contributed by atoms with van der Waals surface area (Å²) in [6.07, 6.45) is 2.36. The fourth-order valence-corrected chi connectivity index (χ4v) is 2.39. The molecule has 2 rings (SSSR count). The second kappa shape index (κ2) is 4.74. The van der Waals surface area contributed by atoms with Gasteiger partial charge in [0, 0.05) is 18.3 Å². The minimum Gasteiger partial charge on any atom is -0.497 e. The van der Waals surface area contributed by atoms with Gasteiger partial charge in [0.05, 0.1) is 7.11 Å². The SMILES string of the molecule is COc1ccc(CC2CCN(C)C2)c(N)c1. The molecule has 0 amide bonds. The van der Waals surface area contributed by atoms with E-state index in [1.807, 2.05) is 12.1 Å². The maximum absolute atomic E-state index is 6.02. The maximum Gasteiger partial charge on any atom is 0.120 e. The predicted octanol–water partition coefficient (Wildman–Crippen LogP) is 1.77. The van der Waals surface area contributed by atoms with Gasteiger partial charge in [-0.3, -0.25) is 0 Å². The standard InChI is InChI=1S/C13H20N2O/c1-15-6-5-10(9-15)7-11-3-4-12(16-2)8-13(11)14/h3-4,8,10H,5-7,9,14H2,1-2H3. The number of rotatable bonds is 3. The summed E-state index contributed by atoms with van der Waals surface area (Å²) in [6.45, 7) is 2.40. The number of hydrogen-bond donors (Lipinski definition) is 1. The minimum atomic E-state index is 0.751. The van der Waals surface area contributed by atoms with Crippen LogP contribution >= 0.6 is 0 Å². The molecule has 0 radical (unpaired) electrons. The van der Waals surface area contributed by atoms with E-state index in [2.05, 4.69) is 18.0 Å². The van der Waals surface area contributed by atoms with Gasteiger partial charge >= 0.3 is 0 Å². The normalized spacial score (nSPS) is 21.2. The first kappa shape index (κ1) is 11.3. The Labute approximate surface area is 97.2 Å². The molecule has 0 saturated carbocycles. The Balaban J connectivity index is 2.04. The van der Waals surface area contributed by atoms with E-state index < -0.39 is 0 Å². The van der Waals surface area contributed by atoms with Crippen LogP contribution in [0.2, 0.25) is 0 Å². The second-order valence-electron chi connectivity index (χ2n) is 4.69. The topological polar surface area (TPSA) is 38.5 Å². The fourth-order valence-electron chi connectivity index (χ4n) is 2.39. The van der Waals surface area contributed by atoms with Gasteiger partial charge in [-0.1, -0.05) is 6.07 Å². The molecule has 1 heterocycles. The lowest BCUT2D eigenvalue weighted by molar-refractivity contribution is 0.394. The van der Waals surface area contributed by atoms with Gasteiger partial charge in [0.1, 0.15) is 5.75 Å². The van der Waals surface area contributed by atoms with Crippen LogP contribution in [0.25, 0.3) is 0 Å². The largest absolute Gasteiger partial charge is 0.497 e. The molecule has 0 spiro atoms. The van der Waals surface area contributed by atoms with Crippen LogP contribution in [0.5, 0.6) is 5.75 Å². The third kappa shape index (κ3) is 2.47. The van der Waals surface area contributed by atoms with Crippen LogP contribution in [0.4, 0.5) is 5.69 Å². The molecule has 2 N–H and O–H groups in total. The average molecular weight is 220 g/mol. The van der Waals surface area contributed by atoms with Crippen LogP contribution in [-0.4, -0.2) is 32.1 Å². The summed E-state index contributed by atoms with van der Waals surface area (Å²) in [5.74, 6) is 1.59. The molecule has 1 aromatic rings. The molecule has 1 atom stereocenters. The molecular weight excluding hydrogens is 200 g/mol. The summed E-state index contributed by atoms with van der Waals surface area (Å²) in [7, 11) is 3.84. The summed E-state index contributed by atoms with van der Waals surface area (Å²) >= 11 is 0. The first-order valence-electron chi connectivity index (χ1n) is 5.80. The van der Waals surface area contributed by atoms with Gasteiger partial charge in [0.25, 0.3) is 0 Å². The summed E-state index contributed by atoms with van der Waals surface area (Å²) in [5.41, 5.74) is 8.12. The van der Waals surface area contributed by atoms with Crippen molar-refractivity contribution in [2.45, 2.75) is 12.8 Å². The van der Waals surface area contributed by atoms with Gasteiger partial charge in [0.15, 0.2) is 0 Å². The van der Waals surface area contributed by atoms with Gasteiger partial charge in [-0.25, -0.2) is 0 Å². The van der Waals surface area contributed by atoms with Crippen LogP contribution in [0.3, 0.4) is 0 Å². The lowest BCUT2D eigenvalue weighted by Crippen LogP contribution is -2.15. The van der Waals surface area contributed by atoms with E-state index in [9.17, 15) is 0 Å². The first-order chi connectivity index (χ1) is 7.69. The van der Waals surface area contributed by atoms with Crippen molar-refractivity contribution in [1.82, 2.24) is 4.90 Å². The molecule has 3 heteroatoms. The molecule has 1 aliphatic heterocycles. The number of nitrogens with two attached hydrogens (primary N) is 1. The molecule has 0 bridgehead atoms. The molecule has 88 valence electrons. The lowest BCUT2D eigenvalue weighted by atomic mass is 9.97. The van der Waals surface area contributed by atoms with Crippen LogP contribution in [0, 0.1) is 5.92 Å². The Kier molecular flexibility index (Phi) is 3.34. The first-order valence-corrected chi connectivity index (χ1v) is 5.80. The highest BCUT2D eigenvalue weighted by Gasteiger charge is 2.20. The average Bonchev–Trinajstić information content (AvgIpc) is 2.67. The summed E-state index contributed by atoms with van der Waals surface area (Å²) in [4.78, 5) is 2.38. The van der Waals surface area contributed by atoms with E-state index in [1.165, 1.54) is 25.1 Å². The van der Waals surface area contributed by atoms with E-state index in [1.54, 1.807) is 7.11 Å². The predicted molar refractivity (Wildman–Crippen MR) is 66.7 cm³/mol. The second-order valence-corrected chi connectivity index (χ2v) is 4.69. The van der Waals surface area contributed by atoms with Crippen LogP contribution in [0.15, 0.2) is 18.2 Å². The Morgan fingerprint density at radius 1 is 1.50 bits per heavy atom. The smallest absolute Gasteiger partial charge is 0.120 e. The number of nitrogens with zero attached hydrogens (tertiary/aromatic N) is 1. The fraction of sp³-hybridized carbons (Fsp3) is 0.538. The number of hydrogen-bond acceptors (Lipinski definition) is 3. The zero-order valence-electron chi connectivity index (χ0n) is 10.1. The molecule has 0 aliphatic carbocycles. The summed E-state index contributed by atoms with van der Waals surface area (Å²) < 4.78 is 5.15. The Bertz CT molecular complexity index is 365. The van der Waals surface area contributed by atoms with E-state index in [-0.39, 0.29) is 0 Å². The van der Waals surface area contributed by atoms with E-state index in [4.69, 9.17) is 10.5 Å². The van der Waals surface area contributed by atoms with Crippen molar-refractivity contribution in [3.8, 4) is 5.75 Å². The summed E-state index contributed by atoms with van der Waals surface area (Å²) in [5, 5.41) is 0. The number of methoxy groups -OCH3 is 1. The Morgan fingerprint density at radius 3 is 2.88 bits per heavy atom. The van der Waals surface area contributed by atoms with E-state index in [0.29, 0.717) is 0 Å². The van der Waals surface area contributed by atoms with E-state index in [0.717, 1.165) is 23.8 Å². The van der Waals surface area contributed by atoms with Crippen molar-refractivity contribution >= 4 is 5.69 Å². The van der Waals surface area contributed by atoms with Gasteiger partial charge in [-0.05, 0) is 44.0 Å². The van der Waals surface area contributed by atoms with Gasteiger partial charge in [0.2, 0.25) is 0 Å². The molecule has 1 fully saturated rings. The zero-order valence-corrected chi connectivity index (χ0v) is 10.1. The summed E-state index contributed by atoms with van der Waals surface area (Å²) in [6, 6.07) is 5.99. The Hall–Kier alpha value is -1.22. The maximum atomic E-state index is 6.02. The number of nitrogen functional groups attached to an aromatic ring is 1. The van der Waals surface area contributed by atoms with Crippen molar-refractivity contribution in [2.75, 3.05) is 33.0 Å². The molecule has 0 aromatic heterocycles. The lowest BCUT2D eigenvalue weighted by Gasteiger charge is -2.13. The van der Waals surface area contributed by atoms with Crippen molar-refractivity contribution < 1.29 is 4.74 Å². The molecule has 1 aromatic carbocycles. The highest BCUT2D eigenvalue weighted by molar-refractivity contribution is 5.51. The van der Waals surface area contributed by atoms with Gasteiger partial charge in [-0.2, -0.15) is 0 Å². The minimum absolute atomic E-state index is 0.751.